The highest BCUT2D eigenvalue weighted by molar-refractivity contribution is 7.89. The van der Waals surface area contributed by atoms with Crippen LogP contribution in [0, 0.1) is 5.92 Å². The zero-order valence-corrected chi connectivity index (χ0v) is 23.6. The topological polar surface area (TPSA) is 105 Å². The summed E-state index contributed by atoms with van der Waals surface area (Å²) in [6.45, 7) is 7.00. The van der Waals surface area contributed by atoms with Crippen molar-refractivity contribution in [3.63, 3.8) is 0 Å². The van der Waals surface area contributed by atoms with Crippen molar-refractivity contribution in [1.82, 2.24) is 4.72 Å². The molecule has 0 spiro atoms. The van der Waals surface area contributed by atoms with E-state index in [1.165, 1.54) is 6.07 Å². The molecule has 9 heteroatoms. The fraction of sp³-hybridized carbons (Fsp3) is 0.517. The highest BCUT2D eigenvalue weighted by Crippen LogP contribution is 2.33. The monoisotopic (exact) mass is 543 g/mol. The number of hydrogen-bond acceptors (Lipinski definition) is 6. The number of sulfonamides is 1. The maximum Gasteiger partial charge on any atom is 0.310 e. The van der Waals surface area contributed by atoms with E-state index >= 15 is 0 Å². The molecule has 1 heterocycles. The molecule has 38 heavy (non-hydrogen) atoms. The number of nitrogens with zero attached hydrogens (tertiary/aromatic N) is 1. The van der Waals surface area contributed by atoms with Gasteiger partial charge in [0.15, 0.2) is 0 Å². The number of ether oxygens (including phenoxy) is 1. The Morgan fingerprint density at radius 3 is 2.55 bits per heavy atom. The summed E-state index contributed by atoms with van der Waals surface area (Å²) in [6, 6.07) is 13.9. The van der Waals surface area contributed by atoms with Gasteiger partial charge in [-0.25, -0.2) is 13.1 Å². The molecule has 208 valence electrons. The van der Waals surface area contributed by atoms with Gasteiger partial charge < -0.3 is 15.0 Å². The fourth-order valence-corrected chi connectivity index (χ4v) is 6.24. The number of carbonyl (C=O) groups is 2. The highest BCUT2D eigenvalue weighted by Gasteiger charge is 2.31. The summed E-state index contributed by atoms with van der Waals surface area (Å²) in [5.74, 6) is -0.717. The molecule has 2 atom stereocenters. The maximum absolute atomic E-state index is 13.7. The number of nitrogens with one attached hydrogen (secondary N) is 2. The summed E-state index contributed by atoms with van der Waals surface area (Å²) in [5.41, 5.74) is 1.78. The molecule has 0 saturated carbocycles. The summed E-state index contributed by atoms with van der Waals surface area (Å²) >= 11 is 0. The molecule has 8 nitrogen and oxygen atoms in total. The Labute approximate surface area is 227 Å². The van der Waals surface area contributed by atoms with E-state index in [1.54, 1.807) is 26.0 Å². The lowest BCUT2D eigenvalue weighted by atomic mass is 9.97. The number of amides is 1. The molecule has 1 saturated heterocycles. The van der Waals surface area contributed by atoms with Crippen LogP contribution in [0.4, 0.5) is 11.4 Å². The number of anilines is 2. The highest BCUT2D eigenvalue weighted by atomic mass is 32.2. The van der Waals surface area contributed by atoms with Crippen LogP contribution in [0.1, 0.15) is 77.3 Å². The first-order valence-electron chi connectivity index (χ1n) is 13.7. The molecule has 1 aliphatic rings. The van der Waals surface area contributed by atoms with Crippen molar-refractivity contribution in [2.75, 3.05) is 29.9 Å². The number of hydrogen-bond donors (Lipinski definition) is 2. The van der Waals surface area contributed by atoms with Gasteiger partial charge in [0.2, 0.25) is 15.9 Å². The van der Waals surface area contributed by atoms with Gasteiger partial charge in [0.1, 0.15) is 4.90 Å². The molecular weight excluding hydrogens is 502 g/mol. The summed E-state index contributed by atoms with van der Waals surface area (Å²) in [5, 5.41) is 2.87. The number of piperidine rings is 1. The normalized spacial score (nSPS) is 16.6. The predicted octanol–water partition coefficient (Wildman–Crippen LogP) is 5.41. The fourth-order valence-electron chi connectivity index (χ4n) is 4.76. The number of unbranched alkanes of at least 4 members (excludes halogenated alkanes) is 3. The average molecular weight is 544 g/mol. The maximum atomic E-state index is 13.7. The van der Waals surface area contributed by atoms with Gasteiger partial charge in [-0.05, 0) is 56.9 Å². The van der Waals surface area contributed by atoms with Crippen LogP contribution < -0.4 is 14.9 Å². The van der Waals surface area contributed by atoms with Crippen LogP contribution in [-0.2, 0) is 24.3 Å². The molecule has 0 bridgehead atoms. The number of esters is 1. The third kappa shape index (κ3) is 8.30. The smallest absolute Gasteiger partial charge is 0.310 e. The zero-order valence-electron chi connectivity index (χ0n) is 22.7. The van der Waals surface area contributed by atoms with E-state index < -0.39 is 16.1 Å². The van der Waals surface area contributed by atoms with Gasteiger partial charge >= 0.3 is 5.97 Å². The molecule has 1 fully saturated rings. The Morgan fingerprint density at radius 2 is 1.84 bits per heavy atom. The van der Waals surface area contributed by atoms with Crippen molar-refractivity contribution in [2.45, 2.75) is 76.7 Å². The molecule has 0 aromatic heterocycles. The summed E-state index contributed by atoms with van der Waals surface area (Å²) in [6.07, 6.45) is 5.79. The van der Waals surface area contributed by atoms with Crippen LogP contribution in [0.2, 0.25) is 0 Å². The molecule has 1 amide bonds. The quantitative estimate of drug-likeness (QED) is 0.258. The van der Waals surface area contributed by atoms with Gasteiger partial charge in [0.05, 0.1) is 18.2 Å². The standard InChI is InChI=1S/C29H41N3O5S/c1-4-6-7-11-16-28(33)30-25-17-18-26(32-19-12-15-24(21-32)29(34)37-5-2)27(20-25)38(35,36)31-22(3)23-13-9-8-10-14-23/h8-10,13-14,17-18,20,22,24,31H,4-7,11-12,15-16,19,21H2,1-3H3,(H,30,33)/t22-,24-/m1/s1. The Hall–Kier alpha value is -2.91. The van der Waals surface area contributed by atoms with Gasteiger partial charge in [-0.15, -0.1) is 0 Å². The first kappa shape index (κ1) is 29.6. The van der Waals surface area contributed by atoms with Gasteiger partial charge in [-0.3, -0.25) is 9.59 Å². The molecule has 0 unspecified atom stereocenters. The lowest BCUT2D eigenvalue weighted by Gasteiger charge is -2.34. The van der Waals surface area contributed by atoms with Crippen molar-refractivity contribution in [3.05, 3.63) is 54.1 Å². The van der Waals surface area contributed by atoms with E-state index in [9.17, 15) is 18.0 Å². The molecule has 1 aliphatic heterocycles. The Bertz CT molecular complexity index is 1170. The van der Waals surface area contributed by atoms with E-state index in [1.807, 2.05) is 35.2 Å². The Morgan fingerprint density at radius 1 is 1.08 bits per heavy atom. The first-order chi connectivity index (χ1) is 18.2. The molecule has 0 radical (unpaired) electrons. The summed E-state index contributed by atoms with van der Waals surface area (Å²) < 4.78 is 35.5. The Balaban J connectivity index is 1.89. The van der Waals surface area contributed by atoms with Crippen molar-refractivity contribution in [3.8, 4) is 0 Å². The minimum Gasteiger partial charge on any atom is -0.466 e. The van der Waals surface area contributed by atoms with Crippen LogP contribution in [0.25, 0.3) is 0 Å². The second-order valence-electron chi connectivity index (χ2n) is 9.83. The van der Waals surface area contributed by atoms with E-state index in [-0.39, 0.29) is 22.7 Å². The largest absolute Gasteiger partial charge is 0.466 e. The molecule has 2 N–H and O–H groups in total. The molecule has 3 rings (SSSR count). The predicted molar refractivity (Wildman–Crippen MR) is 151 cm³/mol. The third-order valence-electron chi connectivity index (χ3n) is 6.80. The van der Waals surface area contributed by atoms with Crippen LogP contribution in [-0.4, -0.2) is 40.0 Å². The first-order valence-corrected chi connectivity index (χ1v) is 15.2. The minimum absolute atomic E-state index is 0.0774. The summed E-state index contributed by atoms with van der Waals surface area (Å²) in [4.78, 5) is 27.0. The average Bonchev–Trinajstić information content (AvgIpc) is 2.91. The van der Waals surface area contributed by atoms with E-state index in [0.717, 1.165) is 37.7 Å². The van der Waals surface area contributed by atoms with Gasteiger partial charge in [-0.2, -0.15) is 0 Å². The second-order valence-corrected chi connectivity index (χ2v) is 11.5. The minimum atomic E-state index is -3.98. The van der Waals surface area contributed by atoms with Crippen molar-refractivity contribution in [2.24, 2.45) is 5.92 Å². The Kier molecular flexibility index (Phi) is 11.2. The summed E-state index contributed by atoms with van der Waals surface area (Å²) in [7, 11) is -3.98. The lowest BCUT2D eigenvalue weighted by Crippen LogP contribution is -2.40. The van der Waals surface area contributed by atoms with Gasteiger partial charge in [0, 0.05) is 31.2 Å². The van der Waals surface area contributed by atoms with Crippen molar-refractivity contribution in [1.29, 1.82) is 0 Å². The third-order valence-corrected chi connectivity index (χ3v) is 8.37. The van der Waals surface area contributed by atoms with Gasteiger partial charge in [0.25, 0.3) is 0 Å². The molecule has 0 aliphatic carbocycles. The van der Waals surface area contributed by atoms with E-state index in [2.05, 4.69) is 17.0 Å². The van der Waals surface area contributed by atoms with Crippen LogP contribution >= 0.6 is 0 Å². The lowest BCUT2D eigenvalue weighted by molar-refractivity contribution is -0.148. The second kappa shape index (κ2) is 14.3. The van der Waals surface area contributed by atoms with Crippen molar-refractivity contribution < 1.29 is 22.7 Å². The van der Waals surface area contributed by atoms with Crippen molar-refractivity contribution >= 4 is 33.3 Å². The van der Waals surface area contributed by atoms with Crippen LogP contribution in [0.3, 0.4) is 0 Å². The van der Waals surface area contributed by atoms with Gasteiger partial charge in [-0.1, -0.05) is 56.5 Å². The van der Waals surface area contributed by atoms with Crippen LogP contribution in [0.15, 0.2) is 53.4 Å². The number of carbonyl (C=O) groups excluding carboxylic acids is 2. The zero-order chi connectivity index (χ0) is 27.5. The van der Waals surface area contributed by atoms with E-state index in [0.29, 0.717) is 43.9 Å². The van der Waals surface area contributed by atoms with Crippen LogP contribution in [0.5, 0.6) is 0 Å². The molecule has 2 aromatic carbocycles. The number of benzene rings is 2. The molecule has 2 aromatic rings. The van der Waals surface area contributed by atoms with E-state index in [4.69, 9.17) is 4.74 Å². The number of rotatable bonds is 13. The molecular formula is C29H41N3O5S. The SMILES string of the molecule is CCCCCCC(=O)Nc1ccc(N2CCC[C@@H](C(=O)OCC)C2)c(S(=O)(=O)N[C@H](C)c2ccccc2)c1.